The third-order valence-corrected chi connectivity index (χ3v) is 7.35. The van der Waals surface area contributed by atoms with Crippen LogP contribution in [0.5, 0.6) is 0 Å². The number of nitrogens with zero attached hydrogens (tertiary/aromatic N) is 2. The standard InChI is InChI=1S/C31H26N4O4/c1-18-6-9-20(10-7-18)26-15-24(23-4-2-3-5-25(23)33-26)29(37)32-16-19-8-11-22-21(14-19)17-35(31(22)39)27-12-13-28(36)34-30(27)38/h2-11,14-15,27H,12-13,16-17H2,1H3,(H,32,37)(H,34,36,38). The van der Waals surface area contributed by atoms with Gasteiger partial charge in [-0.1, -0.05) is 60.2 Å². The molecule has 1 unspecified atom stereocenters. The Kier molecular flexibility index (Phi) is 6.15. The van der Waals surface area contributed by atoms with E-state index in [0.29, 0.717) is 17.5 Å². The van der Waals surface area contributed by atoms with Gasteiger partial charge in [-0.3, -0.25) is 24.5 Å². The summed E-state index contributed by atoms with van der Waals surface area (Å²) in [6.45, 7) is 2.59. The molecule has 39 heavy (non-hydrogen) atoms. The van der Waals surface area contributed by atoms with Crippen LogP contribution in [0.2, 0.25) is 0 Å². The highest BCUT2D eigenvalue weighted by Gasteiger charge is 2.39. The molecule has 2 aliphatic heterocycles. The fraction of sp³-hybridized carbons (Fsp3) is 0.194. The zero-order valence-corrected chi connectivity index (χ0v) is 21.4. The molecule has 0 spiro atoms. The van der Waals surface area contributed by atoms with E-state index in [2.05, 4.69) is 10.6 Å². The lowest BCUT2D eigenvalue weighted by Crippen LogP contribution is -2.52. The van der Waals surface area contributed by atoms with Crippen LogP contribution in [0.15, 0.2) is 72.8 Å². The second-order valence-corrected chi connectivity index (χ2v) is 10.0. The van der Waals surface area contributed by atoms with E-state index in [1.165, 1.54) is 4.90 Å². The van der Waals surface area contributed by atoms with E-state index in [0.717, 1.165) is 38.9 Å². The summed E-state index contributed by atoms with van der Waals surface area (Å²) in [6.07, 6.45) is 0.529. The molecule has 194 valence electrons. The predicted molar refractivity (Wildman–Crippen MR) is 146 cm³/mol. The van der Waals surface area contributed by atoms with Crippen molar-refractivity contribution in [3.05, 3.63) is 101 Å². The Morgan fingerprint density at radius 1 is 1.03 bits per heavy atom. The summed E-state index contributed by atoms with van der Waals surface area (Å²) in [5, 5.41) is 6.10. The van der Waals surface area contributed by atoms with Crippen LogP contribution in [0.3, 0.4) is 0 Å². The lowest BCUT2D eigenvalue weighted by Gasteiger charge is -2.29. The van der Waals surface area contributed by atoms with E-state index in [1.54, 1.807) is 6.07 Å². The van der Waals surface area contributed by atoms with Crippen molar-refractivity contribution in [1.29, 1.82) is 0 Å². The largest absolute Gasteiger partial charge is 0.348 e. The highest BCUT2D eigenvalue weighted by atomic mass is 16.2. The summed E-state index contributed by atoms with van der Waals surface area (Å²) < 4.78 is 0. The number of benzene rings is 3. The highest BCUT2D eigenvalue weighted by molar-refractivity contribution is 6.07. The van der Waals surface area contributed by atoms with Crippen LogP contribution in [-0.4, -0.2) is 39.6 Å². The van der Waals surface area contributed by atoms with Gasteiger partial charge < -0.3 is 10.2 Å². The number of fused-ring (bicyclic) bond motifs is 2. The molecule has 1 aromatic heterocycles. The van der Waals surface area contributed by atoms with E-state index in [-0.39, 0.29) is 37.2 Å². The number of aromatic nitrogens is 1. The Morgan fingerprint density at radius 3 is 2.62 bits per heavy atom. The Bertz CT molecular complexity index is 1660. The molecule has 3 aromatic carbocycles. The zero-order chi connectivity index (χ0) is 27.1. The third kappa shape index (κ3) is 4.65. The van der Waals surface area contributed by atoms with Gasteiger partial charge >= 0.3 is 0 Å². The molecule has 8 heteroatoms. The second kappa shape index (κ2) is 9.79. The number of amides is 4. The average Bonchev–Trinajstić information content (AvgIpc) is 3.26. The van der Waals surface area contributed by atoms with Crippen molar-refractivity contribution in [1.82, 2.24) is 20.5 Å². The van der Waals surface area contributed by atoms with E-state index < -0.39 is 11.9 Å². The fourth-order valence-corrected chi connectivity index (χ4v) is 5.25. The molecule has 0 aliphatic carbocycles. The zero-order valence-electron chi connectivity index (χ0n) is 21.4. The molecule has 8 nitrogen and oxygen atoms in total. The quantitative estimate of drug-likeness (QED) is 0.390. The molecular formula is C31H26N4O4. The van der Waals surface area contributed by atoms with Crippen molar-refractivity contribution in [2.75, 3.05) is 0 Å². The number of rotatable bonds is 5. The molecule has 6 rings (SSSR count). The van der Waals surface area contributed by atoms with E-state index in [4.69, 9.17) is 4.98 Å². The second-order valence-electron chi connectivity index (χ2n) is 10.0. The molecule has 0 bridgehead atoms. The fourth-order valence-electron chi connectivity index (χ4n) is 5.25. The SMILES string of the molecule is Cc1ccc(-c2cc(C(=O)NCc3ccc4c(c3)CN(C3CCC(=O)NC3=O)C4=O)c3ccccc3n2)cc1. The van der Waals surface area contributed by atoms with Gasteiger partial charge in [0.1, 0.15) is 6.04 Å². The minimum Gasteiger partial charge on any atom is -0.348 e. The van der Waals surface area contributed by atoms with Crippen LogP contribution >= 0.6 is 0 Å². The van der Waals surface area contributed by atoms with Gasteiger partial charge in [-0.15, -0.1) is 0 Å². The van der Waals surface area contributed by atoms with Crippen molar-refractivity contribution in [3.63, 3.8) is 0 Å². The van der Waals surface area contributed by atoms with Crippen LogP contribution in [0.4, 0.5) is 0 Å². The number of imide groups is 1. The number of hydrogen-bond acceptors (Lipinski definition) is 5. The lowest BCUT2D eigenvalue weighted by atomic mass is 10.0. The van der Waals surface area contributed by atoms with Crippen molar-refractivity contribution >= 4 is 34.5 Å². The van der Waals surface area contributed by atoms with Crippen LogP contribution in [-0.2, 0) is 22.7 Å². The van der Waals surface area contributed by atoms with E-state index in [1.807, 2.05) is 73.7 Å². The molecule has 3 heterocycles. The number of pyridine rings is 1. The molecule has 1 saturated heterocycles. The van der Waals surface area contributed by atoms with Gasteiger partial charge in [-0.25, -0.2) is 4.98 Å². The number of carbonyl (C=O) groups excluding carboxylic acids is 4. The normalized spacial score (nSPS) is 16.8. The molecule has 0 radical (unpaired) electrons. The van der Waals surface area contributed by atoms with Crippen LogP contribution in [0.25, 0.3) is 22.2 Å². The monoisotopic (exact) mass is 518 g/mol. The smallest absolute Gasteiger partial charge is 0.255 e. The molecule has 2 aliphatic rings. The molecule has 2 N–H and O–H groups in total. The maximum Gasteiger partial charge on any atom is 0.255 e. The number of carbonyl (C=O) groups is 4. The highest BCUT2D eigenvalue weighted by Crippen LogP contribution is 2.29. The Labute approximate surface area is 225 Å². The van der Waals surface area contributed by atoms with Crippen molar-refractivity contribution in [2.24, 2.45) is 0 Å². The number of para-hydroxylation sites is 1. The Morgan fingerprint density at radius 2 is 1.82 bits per heavy atom. The molecule has 0 saturated carbocycles. The summed E-state index contributed by atoms with van der Waals surface area (Å²) in [7, 11) is 0. The number of aryl methyl sites for hydroxylation is 1. The first kappa shape index (κ1) is 24.5. The van der Waals surface area contributed by atoms with Gasteiger partial charge in [-0.05, 0) is 42.7 Å². The lowest BCUT2D eigenvalue weighted by molar-refractivity contribution is -0.136. The van der Waals surface area contributed by atoms with Gasteiger partial charge in [0, 0.05) is 36.0 Å². The molecule has 1 atom stereocenters. The van der Waals surface area contributed by atoms with Gasteiger partial charge in [0.15, 0.2) is 0 Å². The van der Waals surface area contributed by atoms with Crippen LogP contribution in [0, 0.1) is 6.92 Å². The number of nitrogens with one attached hydrogen (secondary N) is 2. The van der Waals surface area contributed by atoms with Gasteiger partial charge in [-0.2, -0.15) is 0 Å². The number of piperidine rings is 1. The minimum atomic E-state index is -0.659. The van der Waals surface area contributed by atoms with Gasteiger partial charge in [0.2, 0.25) is 11.8 Å². The first-order valence-corrected chi connectivity index (χ1v) is 12.9. The van der Waals surface area contributed by atoms with Crippen molar-refractivity contribution in [3.8, 4) is 11.3 Å². The summed E-state index contributed by atoms with van der Waals surface area (Å²) in [4.78, 5) is 56.5. The maximum absolute atomic E-state index is 13.4. The van der Waals surface area contributed by atoms with E-state index in [9.17, 15) is 19.2 Å². The van der Waals surface area contributed by atoms with Crippen LogP contribution < -0.4 is 10.6 Å². The third-order valence-electron chi connectivity index (χ3n) is 7.35. The Balaban J connectivity index is 1.21. The topological polar surface area (TPSA) is 108 Å². The molecule has 1 fully saturated rings. The van der Waals surface area contributed by atoms with Gasteiger partial charge in [0.25, 0.3) is 11.8 Å². The van der Waals surface area contributed by atoms with Crippen molar-refractivity contribution in [2.45, 2.75) is 38.9 Å². The van der Waals surface area contributed by atoms with E-state index >= 15 is 0 Å². The van der Waals surface area contributed by atoms with Gasteiger partial charge in [0.05, 0.1) is 16.8 Å². The van der Waals surface area contributed by atoms with Crippen LogP contribution in [0.1, 0.15) is 50.2 Å². The first-order chi connectivity index (χ1) is 18.9. The molecule has 4 amide bonds. The average molecular weight is 519 g/mol. The predicted octanol–water partition coefficient (Wildman–Crippen LogP) is 3.90. The summed E-state index contributed by atoms with van der Waals surface area (Å²) in [5.41, 5.74) is 6.27. The molecular weight excluding hydrogens is 492 g/mol. The summed E-state index contributed by atoms with van der Waals surface area (Å²) in [6, 6.07) is 22.2. The van der Waals surface area contributed by atoms with Crippen molar-refractivity contribution < 1.29 is 19.2 Å². The first-order valence-electron chi connectivity index (χ1n) is 12.9. The number of hydrogen-bond donors (Lipinski definition) is 2. The maximum atomic E-state index is 13.4. The minimum absolute atomic E-state index is 0.211. The summed E-state index contributed by atoms with van der Waals surface area (Å²) in [5.74, 6) is -1.19. The summed E-state index contributed by atoms with van der Waals surface area (Å²) >= 11 is 0. The Hall–Kier alpha value is -4.85. The molecule has 4 aromatic rings.